The fourth-order valence-corrected chi connectivity index (χ4v) is 5.84. The summed E-state index contributed by atoms with van der Waals surface area (Å²) in [5.74, 6) is -0.257. The maximum Gasteiger partial charge on any atom is 0.244 e. The second kappa shape index (κ2) is 7.34. The van der Waals surface area contributed by atoms with Gasteiger partial charge in [-0.3, -0.25) is 4.79 Å². The number of aryl methyl sites for hydroxylation is 1. The zero-order chi connectivity index (χ0) is 21.8. The van der Waals surface area contributed by atoms with E-state index >= 15 is 0 Å². The average Bonchev–Trinajstić information content (AvgIpc) is 3.15. The summed E-state index contributed by atoms with van der Waals surface area (Å²) < 4.78 is 28.7. The smallest absolute Gasteiger partial charge is 0.244 e. The highest BCUT2D eigenvalue weighted by Gasteiger charge is 2.42. The molecule has 0 saturated heterocycles. The molecule has 2 heterocycles. The number of aromatic nitrogens is 1. The summed E-state index contributed by atoms with van der Waals surface area (Å²) in [6.07, 6.45) is 0. The number of carbonyl (C=O) groups is 1. The second-order valence-corrected chi connectivity index (χ2v) is 10.0. The van der Waals surface area contributed by atoms with Gasteiger partial charge in [0.05, 0.1) is 23.2 Å². The van der Waals surface area contributed by atoms with Gasteiger partial charge in [-0.05, 0) is 42.8 Å². The predicted octanol–water partition coefficient (Wildman–Crippen LogP) is 5.11. The molecular weight excluding hydrogens is 432 g/mol. The number of fused-ring (bicyclic) bond motifs is 3. The van der Waals surface area contributed by atoms with Gasteiger partial charge in [0.25, 0.3) is 0 Å². The molecule has 1 unspecified atom stereocenters. The van der Waals surface area contributed by atoms with Gasteiger partial charge in [0.2, 0.25) is 10.0 Å². The number of ketones is 1. The summed E-state index contributed by atoms with van der Waals surface area (Å²) in [5.41, 5.74) is 3.64. The van der Waals surface area contributed by atoms with E-state index in [-0.39, 0.29) is 17.2 Å². The molecular formula is C24H19ClN2O3S. The molecule has 1 aromatic heterocycles. The van der Waals surface area contributed by atoms with Gasteiger partial charge in [-0.15, -0.1) is 0 Å². The number of carbonyl (C=O) groups excluding carboxylic acids is 1. The first-order chi connectivity index (χ1) is 14.9. The van der Waals surface area contributed by atoms with E-state index in [1.54, 1.807) is 36.4 Å². The van der Waals surface area contributed by atoms with Crippen LogP contribution in [0, 0.1) is 6.92 Å². The van der Waals surface area contributed by atoms with Crippen LogP contribution in [0.2, 0.25) is 5.02 Å². The number of hydrogen-bond donors (Lipinski definition) is 1. The molecule has 5 rings (SSSR count). The summed E-state index contributed by atoms with van der Waals surface area (Å²) >= 11 is 6.09. The van der Waals surface area contributed by atoms with Gasteiger partial charge < -0.3 is 4.98 Å². The third-order valence-electron chi connectivity index (χ3n) is 5.70. The number of nitrogens with one attached hydrogen (secondary N) is 1. The summed E-state index contributed by atoms with van der Waals surface area (Å²) in [5, 5.41) is 1.39. The van der Waals surface area contributed by atoms with Gasteiger partial charge in [0, 0.05) is 21.5 Å². The number of nitrogens with zero attached hydrogens (tertiary/aromatic N) is 1. The lowest BCUT2D eigenvalue weighted by molar-refractivity contribution is 0.0935. The lowest BCUT2D eigenvalue weighted by Gasteiger charge is -2.34. The van der Waals surface area contributed by atoms with E-state index in [0.717, 1.165) is 22.0 Å². The Kier molecular flexibility index (Phi) is 4.73. The van der Waals surface area contributed by atoms with Crippen LogP contribution in [0.1, 0.15) is 33.2 Å². The Hall–Kier alpha value is -2.93. The lowest BCUT2D eigenvalue weighted by Crippen LogP contribution is -2.43. The molecule has 1 atom stereocenters. The topological polar surface area (TPSA) is 70.2 Å². The number of para-hydroxylation sites is 1. The van der Waals surface area contributed by atoms with Gasteiger partial charge in [-0.2, -0.15) is 4.31 Å². The molecule has 0 amide bonds. The normalized spacial score (nSPS) is 17.1. The Labute approximate surface area is 185 Å². The summed E-state index contributed by atoms with van der Waals surface area (Å²) in [6.45, 7) is 1.65. The van der Waals surface area contributed by atoms with E-state index in [2.05, 4.69) is 4.98 Å². The third kappa shape index (κ3) is 3.28. The van der Waals surface area contributed by atoms with Crippen molar-refractivity contribution in [1.82, 2.24) is 9.29 Å². The number of halogens is 1. The first-order valence-corrected chi connectivity index (χ1v) is 11.7. The molecule has 1 aliphatic rings. The van der Waals surface area contributed by atoms with Crippen molar-refractivity contribution in [2.75, 3.05) is 6.54 Å². The molecule has 0 saturated carbocycles. The minimum atomic E-state index is -3.94. The predicted molar refractivity (Wildman–Crippen MR) is 121 cm³/mol. The molecule has 1 N–H and O–H groups in total. The maximum absolute atomic E-state index is 13.7. The molecule has 31 heavy (non-hydrogen) atoms. The van der Waals surface area contributed by atoms with Crippen molar-refractivity contribution in [3.8, 4) is 0 Å². The zero-order valence-electron chi connectivity index (χ0n) is 16.7. The molecule has 1 aliphatic heterocycles. The van der Waals surface area contributed by atoms with E-state index in [1.807, 2.05) is 43.3 Å². The first kappa shape index (κ1) is 20.0. The molecule has 0 aliphatic carbocycles. The minimum absolute atomic E-state index is 0.160. The SMILES string of the molecule is Cc1ccc(S(=O)(=O)N2CC(=O)c3[nH]c4ccccc4c3C2c2ccc(Cl)cc2)cc1. The van der Waals surface area contributed by atoms with Gasteiger partial charge in [-0.1, -0.05) is 59.6 Å². The maximum atomic E-state index is 13.7. The highest BCUT2D eigenvalue weighted by molar-refractivity contribution is 7.89. The van der Waals surface area contributed by atoms with E-state index in [0.29, 0.717) is 16.3 Å². The van der Waals surface area contributed by atoms with Crippen molar-refractivity contribution < 1.29 is 13.2 Å². The fraction of sp³-hybridized carbons (Fsp3) is 0.125. The standard InChI is InChI=1S/C24H19ClN2O3S/c1-15-6-12-18(13-7-15)31(29,30)27-14-21(28)23-22(19-4-2-3-5-20(19)26-23)24(27)16-8-10-17(25)11-9-16/h2-13,24,26H,14H2,1H3. The Bertz CT molecular complexity index is 1410. The van der Waals surface area contributed by atoms with Crippen LogP contribution in [0.3, 0.4) is 0 Å². The van der Waals surface area contributed by atoms with Crippen LogP contribution < -0.4 is 0 Å². The van der Waals surface area contributed by atoms with Gasteiger partial charge >= 0.3 is 0 Å². The second-order valence-electron chi connectivity index (χ2n) is 7.70. The summed E-state index contributed by atoms with van der Waals surface area (Å²) in [6, 6.07) is 20.7. The fourth-order valence-electron chi connectivity index (χ4n) is 4.17. The van der Waals surface area contributed by atoms with Gasteiger partial charge in [0.15, 0.2) is 5.78 Å². The first-order valence-electron chi connectivity index (χ1n) is 9.84. The van der Waals surface area contributed by atoms with Crippen LogP contribution in [-0.2, 0) is 10.0 Å². The molecule has 0 fully saturated rings. The Morgan fingerprint density at radius 3 is 2.35 bits per heavy atom. The number of rotatable bonds is 3. The van der Waals surface area contributed by atoms with Crippen LogP contribution in [0.15, 0.2) is 77.7 Å². The van der Waals surface area contributed by atoms with E-state index in [9.17, 15) is 13.2 Å². The lowest BCUT2D eigenvalue weighted by atomic mass is 9.92. The van der Waals surface area contributed by atoms with Crippen molar-refractivity contribution in [2.24, 2.45) is 0 Å². The molecule has 3 aromatic carbocycles. The van der Waals surface area contributed by atoms with E-state index in [1.165, 1.54) is 4.31 Å². The van der Waals surface area contributed by atoms with Crippen LogP contribution in [0.4, 0.5) is 0 Å². The molecule has 7 heteroatoms. The number of sulfonamides is 1. The summed E-state index contributed by atoms with van der Waals surface area (Å²) in [7, 11) is -3.94. The van der Waals surface area contributed by atoms with Crippen LogP contribution >= 0.6 is 11.6 Å². The van der Waals surface area contributed by atoms with Gasteiger partial charge in [-0.25, -0.2) is 8.42 Å². The van der Waals surface area contributed by atoms with Crippen LogP contribution in [-0.4, -0.2) is 30.0 Å². The molecule has 0 bridgehead atoms. The zero-order valence-corrected chi connectivity index (χ0v) is 18.2. The number of aromatic amines is 1. The summed E-state index contributed by atoms with van der Waals surface area (Å²) in [4.78, 5) is 16.4. The third-order valence-corrected chi connectivity index (χ3v) is 7.78. The van der Waals surface area contributed by atoms with Crippen molar-refractivity contribution in [3.05, 3.63) is 100 Å². The van der Waals surface area contributed by atoms with E-state index < -0.39 is 16.1 Å². The van der Waals surface area contributed by atoms with Crippen molar-refractivity contribution in [1.29, 1.82) is 0 Å². The molecule has 156 valence electrons. The molecule has 4 aromatic rings. The quantitative estimate of drug-likeness (QED) is 0.471. The monoisotopic (exact) mass is 450 g/mol. The van der Waals surface area contributed by atoms with Crippen LogP contribution in [0.25, 0.3) is 10.9 Å². The van der Waals surface area contributed by atoms with Crippen molar-refractivity contribution >= 4 is 38.3 Å². The Morgan fingerprint density at radius 2 is 1.65 bits per heavy atom. The molecule has 0 spiro atoms. The highest BCUT2D eigenvalue weighted by Crippen LogP contribution is 2.42. The Balaban J connectivity index is 1.77. The number of H-pyrrole nitrogens is 1. The Morgan fingerprint density at radius 1 is 0.968 bits per heavy atom. The highest BCUT2D eigenvalue weighted by atomic mass is 35.5. The van der Waals surface area contributed by atoms with Crippen molar-refractivity contribution in [3.63, 3.8) is 0 Å². The van der Waals surface area contributed by atoms with Crippen LogP contribution in [0.5, 0.6) is 0 Å². The number of benzene rings is 3. The van der Waals surface area contributed by atoms with Crippen molar-refractivity contribution in [2.45, 2.75) is 17.9 Å². The largest absolute Gasteiger partial charge is 0.352 e. The molecule has 5 nitrogen and oxygen atoms in total. The minimum Gasteiger partial charge on any atom is -0.352 e. The average molecular weight is 451 g/mol. The van der Waals surface area contributed by atoms with Gasteiger partial charge in [0.1, 0.15) is 0 Å². The molecule has 0 radical (unpaired) electrons. The number of hydrogen-bond acceptors (Lipinski definition) is 3. The van der Waals surface area contributed by atoms with E-state index in [4.69, 9.17) is 11.6 Å². The number of Topliss-reactive ketones (excluding diaryl/α,β-unsaturated/α-hetero) is 1.